The molecule has 0 bridgehead atoms. The Labute approximate surface area is 187 Å². The van der Waals surface area contributed by atoms with Crippen LogP contribution in [-0.2, 0) is 14.3 Å². The van der Waals surface area contributed by atoms with E-state index in [1.807, 2.05) is 43.3 Å². The summed E-state index contributed by atoms with van der Waals surface area (Å²) in [6, 6.07) is 17.2. The maximum atomic E-state index is 13.0. The number of rotatable bonds is 9. The zero-order valence-corrected chi connectivity index (χ0v) is 18.2. The molecule has 2 aromatic carbocycles. The second-order valence-corrected chi connectivity index (χ2v) is 7.90. The van der Waals surface area contributed by atoms with Gasteiger partial charge in [-0.05, 0) is 49.7 Å². The first-order chi connectivity index (χ1) is 15.7. The van der Waals surface area contributed by atoms with Gasteiger partial charge in [-0.15, -0.1) is 0 Å². The number of benzene rings is 2. The highest BCUT2D eigenvalue weighted by Gasteiger charge is 2.33. The van der Waals surface area contributed by atoms with Crippen molar-refractivity contribution in [3.63, 3.8) is 0 Å². The van der Waals surface area contributed by atoms with Gasteiger partial charge < -0.3 is 25.1 Å². The first kappa shape index (κ1) is 22.0. The van der Waals surface area contributed by atoms with Crippen molar-refractivity contribution in [2.45, 2.75) is 31.7 Å². The van der Waals surface area contributed by atoms with Crippen LogP contribution in [0.25, 0.3) is 10.9 Å². The molecule has 1 aliphatic heterocycles. The first-order valence-electron chi connectivity index (χ1n) is 11.1. The van der Waals surface area contributed by atoms with E-state index >= 15 is 0 Å². The van der Waals surface area contributed by atoms with Crippen LogP contribution in [0.4, 0.5) is 5.69 Å². The predicted molar refractivity (Wildman–Crippen MR) is 124 cm³/mol. The number of hydrogen-bond acceptors (Lipinski definition) is 5. The lowest BCUT2D eigenvalue weighted by Gasteiger charge is -2.19. The number of esters is 1. The van der Waals surface area contributed by atoms with E-state index in [1.165, 1.54) is 5.56 Å². The van der Waals surface area contributed by atoms with Crippen molar-refractivity contribution < 1.29 is 19.1 Å². The van der Waals surface area contributed by atoms with Crippen LogP contribution in [0.1, 0.15) is 41.7 Å². The lowest BCUT2D eigenvalue weighted by molar-refractivity contribution is -0.118. The summed E-state index contributed by atoms with van der Waals surface area (Å²) in [5, 5.41) is 7.18. The van der Waals surface area contributed by atoms with E-state index in [0.29, 0.717) is 37.6 Å². The SMILES string of the molecule is CCOCCCOC(=O)c1cc2cc(NC(=O)[C@H]3NCC[C@H]3c3ccccc3)ccc2[nH]1. The predicted octanol–water partition coefficient (Wildman–Crippen LogP) is 3.84. The van der Waals surface area contributed by atoms with Crippen molar-refractivity contribution in [2.75, 3.05) is 31.7 Å². The Balaban J connectivity index is 1.39. The summed E-state index contributed by atoms with van der Waals surface area (Å²) >= 11 is 0. The van der Waals surface area contributed by atoms with Crippen LogP contribution in [0.5, 0.6) is 0 Å². The Morgan fingerprint density at radius 1 is 1.09 bits per heavy atom. The molecule has 7 nitrogen and oxygen atoms in total. The van der Waals surface area contributed by atoms with Gasteiger partial charge >= 0.3 is 5.97 Å². The molecule has 168 valence electrons. The summed E-state index contributed by atoms with van der Waals surface area (Å²) in [5.74, 6) is -0.305. The van der Waals surface area contributed by atoms with Crippen LogP contribution in [0, 0.1) is 0 Å². The van der Waals surface area contributed by atoms with Gasteiger partial charge in [0.2, 0.25) is 5.91 Å². The molecular weight excluding hydrogens is 406 g/mol. The lowest BCUT2D eigenvalue weighted by atomic mass is 9.91. The molecule has 32 heavy (non-hydrogen) atoms. The molecular formula is C25H29N3O4. The van der Waals surface area contributed by atoms with Crippen LogP contribution in [0.2, 0.25) is 0 Å². The van der Waals surface area contributed by atoms with Gasteiger partial charge in [0.05, 0.1) is 12.6 Å². The van der Waals surface area contributed by atoms with Gasteiger partial charge in [0.1, 0.15) is 5.69 Å². The van der Waals surface area contributed by atoms with Crippen molar-refractivity contribution in [2.24, 2.45) is 0 Å². The van der Waals surface area contributed by atoms with Crippen molar-refractivity contribution in [3.05, 3.63) is 65.9 Å². The number of aromatic nitrogens is 1. The third-order valence-electron chi connectivity index (χ3n) is 5.71. The summed E-state index contributed by atoms with van der Waals surface area (Å²) in [5.41, 5.74) is 3.06. The number of aromatic amines is 1. The zero-order chi connectivity index (χ0) is 22.3. The summed E-state index contributed by atoms with van der Waals surface area (Å²) in [4.78, 5) is 28.3. The van der Waals surface area contributed by atoms with E-state index in [0.717, 1.165) is 23.9 Å². The highest BCUT2D eigenvalue weighted by Crippen LogP contribution is 2.29. The number of anilines is 1. The van der Waals surface area contributed by atoms with Crippen LogP contribution in [-0.4, -0.2) is 49.3 Å². The third kappa shape index (κ3) is 5.18. The molecule has 0 radical (unpaired) electrons. The molecule has 0 saturated carbocycles. The fraction of sp³-hybridized carbons (Fsp3) is 0.360. The highest BCUT2D eigenvalue weighted by atomic mass is 16.5. The molecule has 1 aromatic heterocycles. The van der Waals surface area contributed by atoms with Gasteiger partial charge in [0, 0.05) is 42.1 Å². The second kappa shape index (κ2) is 10.4. The van der Waals surface area contributed by atoms with Crippen molar-refractivity contribution in [1.29, 1.82) is 0 Å². The van der Waals surface area contributed by atoms with Gasteiger partial charge in [-0.1, -0.05) is 30.3 Å². The maximum Gasteiger partial charge on any atom is 0.354 e. The number of ether oxygens (including phenoxy) is 2. The average molecular weight is 436 g/mol. The largest absolute Gasteiger partial charge is 0.461 e. The number of amides is 1. The van der Waals surface area contributed by atoms with Crippen molar-refractivity contribution >= 4 is 28.5 Å². The maximum absolute atomic E-state index is 13.0. The van der Waals surface area contributed by atoms with Gasteiger partial charge in [-0.25, -0.2) is 4.79 Å². The fourth-order valence-electron chi connectivity index (χ4n) is 4.13. The molecule has 1 amide bonds. The Kier molecular flexibility index (Phi) is 7.19. The van der Waals surface area contributed by atoms with Crippen LogP contribution in [0.15, 0.2) is 54.6 Å². The number of H-pyrrole nitrogens is 1. The summed E-state index contributed by atoms with van der Waals surface area (Å²) in [6.45, 7) is 4.27. The van der Waals surface area contributed by atoms with E-state index in [4.69, 9.17) is 9.47 Å². The Bertz CT molecular complexity index is 1060. The second-order valence-electron chi connectivity index (χ2n) is 7.90. The summed E-state index contributed by atoms with van der Waals surface area (Å²) in [7, 11) is 0. The molecule has 4 rings (SSSR count). The number of nitrogens with one attached hydrogen (secondary N) is 3. The van der Waals surface area contributed by atoms with Gasteiger partial charge in [0.25, 0.3) is 0 Å². The van der Waals surface area contributed by atoms with Crippen molar-refractivity contribution in [1.82, 2.24) is 10.3 Å². The highest BCUT2D eigenvalue weighted by molar-refractivity contribution is 5.99. The number of fused-ring (bicyclic) bond motifs is 1. The molecule has 2 atom stereocenters. The van der Waals surface area contributed by atoms with Crippen LogP contribution >= 0.6 is 0 Å². The van der Waals surface area contributed by atoms with Gasteiger partial charge in [-0.2, -0.15) is 0 Å². The molecule has 1 fully saturated rings. The zero-order valence-electron chi connectivity index (χ0n) is 18.2. The van der Waals surface area contributed by atoms with E-state index in [1.54, 1.807) is 6.07 Å². The Hall–Kier alpha value is -3.16. The minimum absolute atomic E-state index is 0.0554. The van der Waals surface area contributed by atoms with Crippen molar-refractivity contribution in [3.8, 4) is 0 Å². The molecule has 3 N–H and O–H groups in total. The molecule has 2 heterocycles. The molecule has 7 heteroatoms. The summed E-state index contributed by atoms with van der Waals surface area (Å²) < 4.78 is 10.5. The molecule has 1 saturated heterocycles. The van der Waals surface area contributed by atoms with E-state index in [2.05, 4.69) is 27.8 Å². The molecule has 3 aromatic rings. The fourth-order valence-corrected chi connectivity index (χ4v) is 4.13. The van der Waals surface area contributed by atoms with E-state index in [9.17, 15) is 9.59 Å². The quantitative estimate of drug-likeness (QED) is 0.351. The van der Waals surface area contributed by atoms with Gasteiger partial charge in [0.15, 0.2) is 0 Å². The standard InChI is InChI=1S/C25H29N3O4/c1-2-31-13-6-14-32-25(30)22-16-18-15-19(9-10-21(18)28-22)27-24(29)23-20(11-12-26-23)17-7-4-3-5-8-17/h3-5,7-10,15-16,20,23,26,28H,2,6,11-14H2,1H3,(H,27,29)/t20-,23-/m0/s1. The van der Waals surface area contributed by atoms with Crippen LogP contribution in [0.3, 0.4) is 0 Å². The summed E-state index contributed by atoms with van der Waals surface area (Å²) in [6.07, 6.45) is 1.59. The van der Waals surface area contributed by atoms with Crippen LogP contribution < -0.4 is 10.6 Å². The normalized spacial score (nSPS) is 18.0. The number of carbonyl (C=O) groups excluding carboxylic acids is 2. The average Bonchev–Trinajstić information content (AvgIpc) is 3.46. The molecule has 0 spiro atoms. The minimum atomic E-state index is -0.399. The molecule has 0 aliphatic carbocycles. The molecule has 1 aliphatic rings. The van der Waals surface area contributed by atoms with E-state index in [-0.39, 0.29) is 17.9 Å². The number of hydrogen-bond donors (Lipinski definition) is 3. The number of carbonyl (C=O) groups is 2. The van der Waals surface area contributed by atoms with Gasteiger partial charge in [-0.3, -0.25) is 4.79 Å². The molecule has 0 unspecified atom stereocenters. The van der Waals surface area contributed by atoms with E-state index < -0.39 is 5.97 Å². The minimum Gasteiger partial charge on any atom is -0.461 e. The topological polar surface area (TPSA) is 92.4 Å². The smallest absolute Gasteiger partial charge is 0.354 e. The Morgan fingerprint density at radius 2 is 1.94 bits per heavy atom. The lowest BCUT2D eigenvalue weighted by Crippen LogP contribution is -2.39. The third-order valence-corrected chi connectivity index (χ3v) is 5.71. The Morgan fingerprint density at radius 3 is 2.75 bits per heavy atom. The first-order valence-corrected chi connectivity index (χ1v) is 11.1. The monoisotopic (exact) mass is 435 g/mol.